The monoisotopic (exact) mass is 406 g/mol. The topological polar surface area (TPSA) is 66.8 Å². The van der Waals surface area contributed by atoms with Crippen LogP contribution in [0, 0.1) is 17.3 Å². The molecule has 1 saturated heterocycles. The van der Waals surface area contributed by atoms with Gasteiger partial charge in [0.25, 0.3) is 0 Å². The van der Waals surface area contributed by atoms with Crippen molar-refractivity contribution >= 4 is 35.5 Å². The van der Waals surface area contributed by atoms with Gasteiger partial charge >= 0.3 is 35.5 Å². The second-order valence-corrected chi connectivity index (χ2v) is 8.69. The number of aliphatic hydroxyl groups excluding tert-OH is 1. The predicted octanol–water partition coefficient (Wildman–Crippen LogP) is 4.37. The van der Waals surface area contributed by atoms with Crippen LogP contribution in [0.15, 0.2) is 24.0 Å². The number of allylic oxidation sites excluding steroid dienone is 3. The molecule has 1 heterocycles. The fourth-order valence-electron chi connectivity index (χ4n) is 4.16. The molecule has 0 bridgehead atoms. The summed E-state index contributed by atoms with van der Waals surface area (Å²) in [6.45, 7) is 6.29. The Labute approximate surface area is 190 Å². The van der Waals surface area contributed by atoms with Gasteiger partial charge < -0.3 is 14.9 Å². The standard InChI is InChI=1S/C22H35FO4.Na.H/c1-4-5-14-22(2,3)18(24)13-11-15-10-12-16-20(15)21(23)17(27-16)8-6-7-9-19(25)26;;/h8,11,13,15-16,18,20-21,24H,4-7,9-10,12,14H2,1-3H3,(H,25,26);;/b13-11+,17-8-;;/t15-,16+,18-,20-,21?;;/m1../s1. The van der Waals surface area contributed by atoms with Crippen LogP contribution in [0.3, 0.4) is 0 Å². The van der Waals surface area contributed by atoms with Crippen molar-refractivity contribution < 1.29 is 24.1 Å². The van der Waals surface area contributed by atoms with Gasteiger partial charge in [-0.1, -0.05) is 45.8 Å². The molecule has 0 aromatic heterocycles. The molecule has 1 aliphatic heterocycles. The normalized spacial score (nSPS) is 29.5. The number of halogens is 1. The van der Waals surface area contributed by atoms with Crippen LogP contribution in [0.4, 0.5) is 4.39 Å². The quantitative estimate of drug-likeness (QED) is 0.321. The number of fused-ring (bicyclic) bond motifs is 1. The molecule has 0 spiro atoms. The van der Waals surface area contributed by atoms with Crippen molar-refractivity contribution in [3.05, 3.63) is 24.0 Å². The summed E-state index contributed by atoms with van der Waals surface area (Å²) < 4.78 is 20.7. The van der Waals surface area contributed by atoms with Crippen LogP contribution in [-0.4, -0.2) is 64.1 Å². The molecule has 2 fully saturated rings. The Hall–Kier alpha value is -0.360. The summed E-state index contributed by atoms with van der Waals surface area (Å²) >= 11 is 0. The number of rotatable bonds is 10. The van der Waals surface area contributed by atoms with Crippen LogP contribution in [-0.2, 0) is 9.53 Å². The Kier molecular flexibility index (Phi) is 10.8. The first-order valence-electron chi connectivity index (χ1n) is 10.3. The number of alkyl halides is 1. The Bertz CT molecular complexity index is 561. The van der Waals surface area contributed by atoms with Gasteiger partial charge in [0.1, 0.15) is 11.9 Å². The number of aliphatic carboxylic acids is 1. The van der Waals surface area contributed by atoms with Crippen LogP contribution in [0.25, 0.3) is 0 Å². The summed E-state index contributed by atoms with van der Waals surface area (Å²) in [5, 5.41) is 19.2. The third kappa shape index (κ3) is 6.86. The van der Waals surface area contributed by atoms with E-state index in [2.05, 4.69) is 20.8 Å². The maximum atomic E-state index is 14.9. The summed E-state index contributed by atoms with van der Waals surface area (Å²) in [7, 11) is 0. The van der Waals surface area contributed by atoms with E-state index in [0.717, 1.165) is 32.1 Å². The van der Waals surface area contributed by atoms with Crippen LogP contribution < -0.4 is 0 Å². The second-order valence-electron chi connectivity index (χ2n) is 8.69. The Morgan fingerprint density at radius 1 is 1.36 bits per heavy atom. The number of ether oxygens (including phenoxy) is 1. The first kappa shape index (κ1) is 25.7. The van der Waals surface area contributed by atoms with E-state index >= 15 is 0 Å². The van der Waals surface area contributed by atoms with E-state index in [1.807, 2.05) is 12.2 Å². The molecule has 156 valence electrons. The summed E-state index contributed by atoms with van der Waals surface area (Å²) in [4.78, 5) is 10.6. The average Bonchev–Trinajstić information content (AvgIpc) is 3.15. The number of carbonyl (C=O) groups is 1. The van der Waals surface area contributed by atoms with Crippen LogP contribution in [0.5, 0.6) is 0 Å². The number of carboxylic acid groups (broad SMARTS) is 1. The Morgan fingerprint density at radius 2 is 2.07 bits per heavy atom. The molecule has 28 heavy (non-hydrogen) atoms. The number of aliphatic hydroxyl groups is 1. The number of hydrogen-bond acceptors (Lipinski definition) is 3. The third-order valence-corrected chi connectivity index (χ3v) is 6.06. The van der Waals surface area contributed by atoms with E-state index in [0.29, 0.717) is 18.6 Å². The fourth-order valence-corrected chi connectivity index (χ4v) is 4.16. The number of carboxylic acids is 1. The molecule has 2 N–H and O–H groups in total. The molecule has 6 heteroatoms. The summed E-state index contributed by atoms with van der Waals surface area (Å²) in [5.74, 6) is -0.582. The average molecular weight is 407 g/mol. The third-order valence-electron chi connectivity index (χ3n) is 6.06. The molecule has 4 nitrogen and oxygen atoms in total. The van der Waals surface area contributed by atoms with Gasteiger partial charge in [0, 0.05) is 12.3 Å². The van der Waals surface area contributed by atoms with E-state index in [1.165, 1.54) is 0 Å². The number of unbranched alkanes of at least 4 members (excludes halogenated alkanes) is 2. The minimum atomic E-state index is -1.14. The van der Waals surface area contributed by atoms with Gasteiger partial charge in [0.15, 0.2) is 6.17 Å². The molecule has 0 aromatic rings. The van der Waals surface area contributed by atoms with Gasteiger partial charge in [-0.15, -0.1) is 0 Å². The SMILES string of the molecule is CCCCC(C)(C)[C@H](O)/C=C/[C@H]1CC[C@@H]2O/C(=C\CCCC(=O)O)C(F)[C@@H]21.[NaH]. The van der Waals surface area contributed by atoms with Gasteiger partial charge in [-0.05, 0) is 49.5 Å². The fraction of sp³-hybridized carbons (Fsp3) is 0.773. The van der Waals surface area contributed by atoms with Crippen molar-refractivity contribution in [2.75, 3.05) is 0 Å². The van der Waals surface area contributed by atoms with E-state index in [1.54, 1.807) is 6.08 Å². The second kappa shape index (κ2) is 11.7. The molecule has 0 amide bonds. The molecule has 0 radical (unpaired) electrons. The molecular formula is C22H36FNaO4. The van der Waals surface area contributed by atoms with Crippen molar-refractivity contribution in [3.63, 3.8) is 0 Å². The summed E-state index contributed by atoms with van der Waals surface area (Å²) in [6, 6.07) is 0. The van der Waals surface area contributed by atoms with Crippen molar-refractivity contribution in [1.82, 2.24) is 0 Å². The molecule has 2 aliphatic rings. The first-order chi connectivity index (χ1) is 12.8. The van der Waals surface area contributed by atoms with Crippen molar-refractivity contribution in [3.8, 4) is 0 Å². The van der Waals surface area contributed by atoms with Gasteiger partial charge in [0.2, 0.25) is 0 Å². The van der Waals surface area contributed by atoms with Crippen LogP contribution in [0.2, 0.25) is 0 Å². The maximum absolute atomic E-state index is 14.9. The molecular weight excluding hydrogens is 370 g/mol. The van der Waals surface area contributed by atoms with E-state index < -0.39 is 18.2 Å². The van der Waals surface area contributed by atoms with Crippen molar-refractivity contribution in [2.24, 2.45) is 17.3 Å². The molecule has 1 saturated carbocycles. The molecule has 5 atom stereocenters. The van der Waals surface area contributed by atoms with Crippen LogP contribution in [0.1, 0.15) is 72.1 Å². The molecule has 1 unspecified atom stereocenters. The first-order valence-corrected chi connectivity index (χ1v) is 10.3. The Balaban J connectivity index is 0.00000392. The van der Waals surface area contributed by atoms with Gasteiger partial charge in [0.05, 0.1) is 6.10 Å². The van der Waals surface area contributed by atoms with E-state index in [4.69, 9.17) is 9.84 Å². The predicted molar refractivity (Wildman–Crippen MR) is 111 cm³/mol. The zero-order chi connectivity index (χ0) is 20.0. The minimum absolute atomic E-state index is 0. The van der Waals surface area contributed by atoms with E-state index in [9.17, 15) is 14.3 Å². The van der Waals surface area contributed by atoms with E-state index in [-0.39, 0.29) is 59.3 Å². The number of hydrogen-bond donors (Lipinski definition) is 2. The van der Waals surface area contributed by atoms with Gasteiger partial charge in [-0.2, -0.15) is 0 Å². The zero-order valence-corrected chi connectivity index (χ0v) is 16.9. The van der Waals surface area contributed by atoms with Crippen molar-refractivity contribution in [2.45, 2.75) is 90.5 Å². The molecule has 2 rings (SSSR count). The van der Waals surface area contributed by atoms with Crippen molar-refractivity contribution in [1.29, 1.82) is 0 Å². The van der Waals surface area contributed by atoms with Gasteiger partial charge in [-0.25, -0.2) is 4.39 Å². The molecule has 1 aliphatic carbocycles. The molecule has 0 aromatic carbocycles. The van der Waals surface area contributed by atoms with Crippen LogP contribution >= 0.6 is 0 Å². The summed E-state index contributed by atoms with van der Waals surface area (Å²) in [6.07, 6.45) is 9.74. The van der Waals surface area contributed by atoms with Gasteiger partial charge in [-0.3, -0.25) is 4.79 Å². The Morgan fingerprint density at radius 3 is 2.71 bits per heavy atom. The summed E-state index contributed by atoms with van der Waals surface area (Å²) in [5.41, 5.74) is -0.180. The zero-order valence-electron chi connectivity index (χ0n) is 16.9.